The third-order valence-corrected chi connectivity index (χ3v) is 4.05. The molecule has 0 aromatic carbocycles. The molecule has 1 amide bonds. The summed E-state index contributed by atoms with van der Waals surface area (Å²) >= 11 is 0. The normalized spacial score (nSPS) is 20.1. The van der Waals surface area contributed by atoms with Gasteiger partial charge in [-0.05, 0) is 18.9 Å². The fourth-order valence-electron chi connectivity index (χ4n) is 2.83. The van der Waals surface area contributed by atoms with Gasteiger partial charge in [0, 0.05) is 37.2 Å². The number of hydrogen-bond acceptors (Lipinski definition) is 5. The van der Waals surface area contributed by atoms with Crippen LogP contribution in [0.5, 0.6) is 5.88 Å². The average molecular weight is 330 g/mol. The molecule has 3 rings (SSSR count). The molecule has 1 saturated heterocycles. The zero-order valence-electron chi connectivity index (χ0n) is 13.9. The number of rotatable bonds is 6. The lowest BCUT2D eigenvalue weighted by Gasteiger charge is -2.19. The van der Waals surface area contributed by atoms with Crippen LogP contribution in [0.25, 0.3) is 0 Å². The quantitative estimate of drug-likeness (QED) is 0.876. The van der Waals surface area contributed by atoms with E-state index in [9.17, 15) is 4.79 Å². The Bertz CT molecular complexity index is 683. The molecule has 1 N–H and O–H groups in total. The molecule has 0 bridgehead atoms. The second-order valence-corrected chi connectivity index (χ2v) is 5.79. The molecule has 128 valence electrons. The predicted molar refractivity (Wildman–Crippen MR) is 87.9 cm³/mol. The van der Waals surface area contributed by atoms with Gasteiger partial charge in [0.1, 0.15) is 6.10 Å². The third-order valence-electron chi connectivity index (χ3n) is 4.05. The molecule has 0 radical (unpaired) electrons. The minimum Gasteiger partial charge on any atom is -0.481 e. The van der Waals surface area contributed by atoms with E-state index in [0.29, 0.717) is 18.1 Å². The van der Waals surface area contributed by atoms with E-state index >= 15 is 0 Å². The number of amides is 1. The van der Waals surface area contributed by atoms with Crippen molar-refractivity contribution in [3.05, 3.63) is 41.9 Å². The summed E-state index contributed by atoms with van der Waals surface area (Å²) in [5.74, 6) is 0.431. The van der Waals surface area contributed by atoms with Crippen LogP contribution in [0.3, 0.4) is 0 Å². The minimum atomic E-state index is -0.196. The fourth-order valence-corrected chi connectivity index (χ4v) is 2.83. The average Bonchev–Trinajstić information content (AvgIpc) is 3.25. The summed E-state index contributed by atoms with van der Waals surface area (Å²) in [6.07, 6.45) is 6.66. The third kappa shape index (κ3) is 3.56. The van der Waals surface area contributed by atoms with Crippen molar-refractivity contribution in [1.82, 2.24) is 20.1 Å². The maximum atomic E-state index is 12.4. The second-order valence-electron chi connectivity index (χ2n) is 5.79. The molecule has 1 aliphatic heterocycles. The maximum absolute atomic E-state index is 12.4. The zero-order chi connectivity index (χ0) is 16.9. The topological polar surface area (TPSA) is 78.3 Å². The van der Waals surface area contributed by atoms with Crippen LogP contribution in [0, 0.1) is 0 Å². The molecule has 7 heteroatoms. The smallest absolute Gasteiger partial charge is 0.254 e. The Morgan fingerprint density at radius 1 is 1.46 bits per heavy atom. The first-order valence-electron chi connectivity index (χ1n) is 8.16. The highest BCUT2D eigenvalue weighted by Crippen LogP contribution is 2.29. The Morgan fingerprint density at radius 2 is 2.33 bits per heavy atom. The number of aryl methyl sites for hydroxylation is 1. The minimum absolute atomic E-state index is 0.0813. The largest absolute Gasteiger partial charge is 0.481 e. The lowest BCUT2D eigenvalue weighted by molar-refractivity contribution is 0.0820. The first-order valence-corrected chi connectivity index (χ1v) is 8.16. The number of ether oxygens (including phenoxy) is 2. The van der Waals surface area contributed by atoms with Crippen molar-refractivity contribution in [2.24, 2.45) is 0 Å². The Labute approximate surface area is 141 Å². The van der Waals surface area contributed by atoms with E-state index in [1.165, 1.54) is 0 Å². The summed E-state index contributed by atoms with van der Waals surface area (Å²) in [7, 11) is 1.58. The van der Waals surface area contributed by atoms with Gasteiger partial charge < -0.3 is 14.8 Å². The summed E-state index contributed by atoms with van der Waals surface area (Å²) in [4.78, 5) is 16.6. The van der Waals surface area contributed by atoms with Gasteiger partial charge in [-0.25, -0.2) is 4.98 Å². The van der Waals surface area contributed by atoms with Crippen LogP contribution in [0.1, 0.15) is 41.8 Å². The van der Waals surface area contributed by atoms with Gasteiger partial charge in [-0.2, -0.15) is 5.10 Å². The lowest BCUT2D eigenvalue weighted by atomic mass is 10.0. The molecule has 2 atom stereocenters. The summed E-state index contributed by atoms with van der Waals surface area (Å²) < 4.78 is 12.6. The van der Waals surface area contributed by atoms with Crippen LogP contribution in [0.4, 0.5) is 0 Å². The van der Waals surface area contributed by atoms with Crippen LogP contribution >= 0.6 is 0 Å². The van der Waals surface area contributed by atoms with E-state index < -0.39 is 0 Å². The monoisotopic (exact) mass is 330 g/mol. The molecule has 1 aliphatic rings. The van der Waals surface area contributed by atoms with Crippen LogP contribution in [0.2, 0.25) is 0 Å². The highest BCUT2D eigenvalue weighted by Gasteiger charge is 2.31. The zero-order valence-corrected chi connectivity index (χ0v) is 13.9. The van der Waals surface area contributed by atoms with Gasteiger partial charge >= 0.3 is 0 Å². The van der Waals surface area contributed by atoms with Gasteiger partial charge in [-0.3, -0.25) is 9.48 Å². The molecule has 0 spiro atoms. The van der Waals surface area contributed by atoms with Crippen LogP contribution < -0.4 is 10.1 Å². The van der Waals surface area contributed by atoms with Crippen molar-refractivity contribution in [2.45, 2.75) is 38.5 Å². The van der Waals surface area contributed by atoms with E-state index in [0.717, 1.165) is 24.9 Å². The number of carbonyl (C=O) groups is 1. The molecular weight excluding hydrogens is 308 g/mol. The van der Waals surface area contributed by atoms with Crippen LogP contribution in [0.15, 0.2) is 30.7 Å². The molecule has 0 aliphatic carbocycles. The van der Waals surface area contributed by atoms with Crippen molar-refractivity contribution in [3.8, 4) is 5.88 Å². The molecule has 3 heterocycles. The SMILES string of the molecule is CCCn1cc(C(=O)N[C@H]2CCO[C@@H]2c2ccc(OC)nc2)cn1. The van der Waals surface area contributed by atoms with Gasteiger partial charge in [-0.1, -0.05) is 6.92 Å². The van der Waals surface area contributed by atoms with Gasteiger partial charge in [0.15, 0.2) is 0 Å². The number of nitrogens with zero attached hydrogens (tertiary/aromatic N) is 3. The van der Waals surface area contributed by atoms with E-state index in [1.54, 1.807) is 36.4 Å². The van der Waals surface area contributed by atoms with Gasteiger partial charge in [0.25, 0.3) is 5.91 Å². The fraction of sp³-hybridized carbons (Fsp3) is 0.471. The Hall–Kier alpha value is -2.41. The van der Waals surface area contributed by atoms with Crippen LogP contribution in [-0.2, 0) is 11.3 Å². The molecule has 2 aromatic rings. The predicted octanol–water partition coefficient (Wildman–Crippen LogP) is 1.96. The van der Waals surface area contributed by atoms with Gasteiger partial charge in [0.2, 0.25) is 5.88 Å². The first-order chi connectivity index (χ1) is 11.7. The van der Waals surface area contributed by atoms with Crippen molar-refractivity contribution >= 4 is 5.91 Å². The molecule has 0 unspecified atom stereocenters. The van der Waals surface area contributed by atoms with Crippen molar-refractivity contribution in [3.63, 3.8) is 0 Å². The van der Waals surface area contributed by atoms with Crippen molar-refractivity contribution in [2.75, 3.05) is 13.7 Å². The summed E-state index contributed by atoms with van der Waals surface area (Å²) in [5, 5.41) is 7.25. The van der Waals surface area contributed by atoms with E-state index in [1.807, 2.05) is 6.07 Å². The molecule has 1 fully saturated rings. The van der Waals surface area contributed by atoms with E-state index in [2.05, 4.69) is 22.3 Å². The number of carbonyl (C=O) groups excluding carboxylic acids is 1. The first kappa shape index (κ1) is 16.4. The summed E-state index contributed by atoms with van der Waals surface area (Å²) in [6, 6.07) is 3.63. The van der Waals surface area contributed by atoms with Gasteiger partial charge in [0.05, 0.1) is 24.9 Å². The standard InChI is InChI=1S/C17H22N4O3/c1-3-7-21-11-13(10-19-21)17(22)20-14-6-8-24-16(14)12-4-5-15(23-2)18-9-12/h4-5,9-11,14,16H,3,6-8H2,1-2H3,(H,20,22)/t14-,16+/m0/s1. The Balaban J connectivity index is 1.67. The number of aromatic nitrogens is 3. The van der Waals surface area contributed by atoms with Crippen LogP contribution in [-0.4, -0.2) is 40.4 Å². The molecule has 2 aromatic heterocycles. The van der Waals surface area contributed by atoms with Crippen molar-refractivity contribution < 1.29 is 14.3 Å². The number of nitrogens with one attached hydrogen (secondary N) is 1. The lowest BCUT2D eigenvalue weighted by Crippen LogP contribution is -2.36. The van der Waals surface area contributed by atoms with E-state index in [-0.39, 0.29) is 18.1 Å². The molecule has 0 saturated carbocycles. The van der Waals surface area contributed by atoms with Gasteiger partial charge in [-0.15, -0.1) is 0 Å². The Kier molecular flexibility index (Phi) is 5.10. The second kappa shape index (κ2) is 7.44. The highest BCUT2D eigenvalue weighted by atomic mass is 16.5. The summed E-state index contributed by atoms with van der Waals surface area (Å²) in [6.45, 7) is 3.49. The molecule has 24 heavy (non-hydrogen) atoms. The highest BCUT2D eigenvalue weighted by molar-refractivity contribution is 5.93. The Morgan fingerprint density at radius 3 is 3.04 bits per heavy atom. The number of methoxy groups -OCH3 is 1. The van der Waals surface area contributed by atoms with Crippen molar-refractivity contribution in [1.29, 1.82) is 0 Å². The van der Waals surface area contributed by atoms with E-state index in [4.69, 9.17) is 9.47 Å². The number of pyridine rings is 1. The summed E-state index contributed by atoms with van der Waals surface area (Å²) in [5.41, 5.74) is 1.50. The maximum Gasteiger partial charge on any atom is 0.254 e. The molecule has 7 nitrogen and oxygen atoms in total. The number of hydrogen-bond donors (Lipinski definition) is 1. The molecular formula is C17H22N4O3.